The molecule has 0 aliphatic rings. The van der Waals surface area contributed by atoms with E-state index < -0.39 is 11.6 Å². The van der Waals surface area contributed by atoms with Crippen LogP contribution in [-0.4, -0.2) is 34.8 Å². The van der Waals surface area contributed by atoms with Crippen LogP contribution in [0, 0.1) is 0 Å². The van der Waals surface area contributed by atoms with Crippen LogP contribution in [0.3, 0.4) is 0 Å². The van der Waals surface area contributed by atoms with Crippen LogP contribution < -0.4 is 0 Å². The Balaban J connectivity index is -0.000000188. The molecule has 0 atom stereocenters. The molecule has 0 saturated heterocycles. The Labute approximate surface area is 110 Å². The van der Waals surface area contributed by atoms with Gasteiger partial charge in [-0.3, -0.25) is 0 Å². The number of ether oxygens (including phenoxy) is 2. The van der Waals surface area contributed by atoms with Gasteiger partial charge in [-0.2, -0.15) is 8.42 Å². The van der Waals surface area contributed by atoms with Crippen molar-refractivity contribution in [2.75, 3.05) is 26.4 Å². The van der Waals surface area contributed by atoms with Crippen molar-refractivity contribution in [3.63, 3.8) is 0 Å². The van der Waals surface area contributed by atoms with Crippen LogP contribution in [0.5, 0.6) is 0 Å². The Morgan fingerprint density at radius 2 is 0.824 bits per heavy atom. The summed E-state index contributed by atoms with van der Waals surface area (Å²) in [5, 5.41) is 0. The molecular weight excluding hydrogens is 240 g/mol. The lowest BCUT2D eigenvalue weighted by molar-refractivity contribution is 0.135. The molecule has 5 heteroatoms. The minimum absolute atomic E-state index is 0.750. The standard InChI is InChI=1S/2C6H14O.O2S/c2*1-3-5-7-6-4-2;1-3-2/h2*3-6H2,1-2H3;. The van der Waals surface area contributed by atoms with Crippen LogP contribution in [0.15, 0.2) is 0 Å². The van der Waals surface area contributed by atoms with Gasteiger partial charge in [0.2, 0.25) is 0 Å². The first kappa shape index (κ1) is 22.0. The molecular formula is C12H28O4S. The second kappa shape index (κ2) is 29.6. The molecule has 0 bridgehead atoms. The van der Waals surface area contributed by atoms with Gasteiger partial charge in [-0.1, -0.05) is 27.7 Å². The Kier molecular flexibility index (Phi) is 38.3. The normalized spacial score (nSPS) is 8.47. The third kappa shape index (κ3) is 49.6. The monoisotopic (exact) mass is 268 g/mol. The highest BCUT2D eigenvalue weighted by molar-refractivity contribution is 7.51. The zero-order valence-electron chi connectivity index (χ0n) is 11.7. The smallest absolute Gasteiger partial charge is 0.335 e. The lowest BCUT2D eigenvalue weighted by atomic mass is 10.5. The topological polar surface area (TPSA) is 52.6 Å². The van der Waals surface area contributed by atoms with Crippen LogP contribution in [0.4, 0.5) is 0 Å². The SMILES string of the molecule is CCCOCCC.CCCOCCC.O=S=O. The van der Waals surface area contributed by atoms with Crippen molar-refractivity contribution in [2.45, 2.75) is 53.4 Å². The Morgan fingerprint density at radius 1 is 0.647 bits per heavy atom. The van der Waals surface area contributed by atoms with E-state index in [1.807, 2.05) is 0 Å². The average Bonchev–Trinajstić information content (AvgIpc) is 2.32. The minimum atomic E-state index is -0.750. The summed E-state index contributed by atoms with van der Waals surface area (Å²) in [7, 11) is 0. The molecule has 0 aliphatic heterocycles. The lowest BCUT2D eigenvalue weighted by Crippen LogP contribution is -1.92. The van der Waals surface area contributed by atoms with Crippen molar-refractivity contribution in [3.05, 3.63) is 0 Å². The van der Waals surface area contributed by atoms with Crippen LogP contribution in [-0.2, 0) is 21.0 Å². The summed E-state index contributed by atoms with van der Waals surface area (Å²) >= 11 is -0.750. The van der Waals surface area contributed by atoms with E-state index >= 15 is 0 Å². The molecule has 0 saturated carbocycles. The second-order valence-electron chi connectivity index (χ2n) is 3.29. The van der Waals surface area contributed by atoms with Crippen molar-refractivity contribution in [3.8, 4) is 0 Å². The maximum atomic E-state index is 8.29. The molecule has 4 nitrogen and oxygen atoms in total. The molecule has 0 rings (SSSR count). The Hall–Kier alpha value is -0.260. The molecule has 0 radical (unpaired) electrons. The first-order valence-electron chi connectivity index (χ1n) is 6.32. The van der Waals surface area contributed by atoms with Crippen molar-refractivity contribution in [1.82, 2.24) is 0 Å². The number of hydrogen-bond acceptors (Lipinski definition) is 4. The molecule has 0 amide bonds. The maximum absolute atomic E-state index is 8.29. The van der Waals surface area contributed by atoms with Crippen LogP contribution in [0.25, 0.3) is 0 Å². The molecule has 0 N–H and O–H groups in total. The Morgan fingerprint density at radius 3 is 0.941 bits per heavy atom. The molecule has 17 heavy (non-hydrogen) atoms. The molecule has 0 heterocycles. The quantitative estimate of drug-likeness (QED) is 0.635. The molecule has 0 aromatic carbocycles. The van der Waals surface area contributed by atoms with Gasteiger partial charge in [0, 0.05) is 26.4 Å². The van der Waals surface area contributed by atoms with Crippen LogP contribution >= 0.6 is 0 Å². The summed E-state index contributed by atoms with van der Waals surface area (Å²) in [6.07, 6.45) is 4.56. The predicted molar refractivity (Wildman–Crippen MR) is 71.7 cm³/mol. The van der Waals surface area contributed by atoms with Crippen molar-refractivity contribution < 1.29 is 17.9 Å². The van der Waals surface area contributed by atoms with Crippen molar-refractivity contribution >= 4 is 11.6 Å². The van der Waals surface area contributed by atoms with Crippen LogP contribution in [0.1, 0.15) is 53.4 Å². The van der Waals surface area contributed by atoms with Gasteiger partial charge in [0.05, 0.1) is 0 Å². The van der Waals surface area contributed by atoms with E-state index in [9.17, 15) is 0 Å². The fraction of sp³-hybridized carbons (Fsp3) is 1.00. The second-order valence-corrected chi connectivity index (χ2v) is 3.43. The highest BCUT2D eigenvalue weighted by Gasteiger charge is 1.78. The third-order valence-corrected chi connectivity index (χ3v) is 1.39. The molecule has 0 aromatic rings. The molecule has 0 fully saturated rings. The molecule has 106 valence electrons. The summed E-state index contributed by atoms with van der Waals surface area (Å²) in [4.78, 5) is 0. The van der Waals surface area contributed by atoms with Crippen molar-refractivity contribution in [1.29, 1.82) is 0 Å². The van der Waals surface area contributed by atoms with Gasteiger partial charge >= 0.3 is 11.6 Å². The summed E-state index contributed by atoms with van der Waals surface area (Å²) in [6, 6.07) is 0. The molecule has 0 aromatic heterocycles. The highest BCUT2D eigenvalue weighted by Crippen LogP contribution is 1.82. The van der Waals surface area contributed by atoms with Crippen molar-refractivity contribution in [2.24, 2.45) is 0 Å². The van der Waals surface area contributed by atoms with E-state index in [0.717, 1.165) is 52.1 Å². The van der Waals surface area contributed by atoms with E-state index in [0.29, 0.717) is 0 Å². The van der Waals surface area contributed by atoms with E-state index in [2.05, 4.69) is 27.7 Å². The largest absolute Gasteiger partial charge is 0.381 e. The van der Waals surface area contributed by atoms with Gasteiger partial charge in [-0.15, -0.1) is 0 Å². The fourth-order valence-corrected chi connectivity index (χ4v) is 0.781. The summed E-state index contributed by atoms with van der Waals surface area (Å²) in [5.74, 6) is 0. The molecule has 0 spiro atoms. The first-order chi connectivity index (χ1) is 8.24. The van der Waals surface area contributed by atoms with Gasteiger partial charge in [0.15, 0.2) is 0 Å². The lowest BCUT2D eigenvalue weighted by Gasteiger charge is -1.95. The zero-order valence-corrected chi connectivity index (χ0v) is 12.5. The first-order valence-corrected chi connectivity index (χ1v) is 6.98. The third-order valence-electron chi connectivity index (χ3n) is 1.39. The van der Waals surface area contributed by atoms with E-state index in [4.69, 9.17) is 17.9 Å². The molecule has 0 unspecified atom stereocenters. The highest BCUT2D eigenvalue weighted by atomic mass is 32.1. The zero-order chi connectivity index (χ0) is 13.8. The van der Waals surface area contributed by atoms with E-state index in [-0.39, 0.29) is 0 Å². The summed E-state index contributed by atoms with van der Waals surface area (Å²) < 4.78 is 26.8. The summed E-state index contributed by atoms with van der Waals surface area (Å²) in [5.41, 5.74) is 0. The van der Waals surface area contributed by atoms with Gasteiger partial charge in [0.1, 0.15) is 0 Å². The fourth-order valence-electron chi connectivity index (χ4n) is 0.781. The maximum Gasteiger partial charge on any atom is 0.335 e. The Bertz CT molecular complexity index is 118. The average molecular weight is 268 g/mol. The van der Waals surface area contributed by atoms with E-state index in [1.165, 1.54) is 0 Å². The predicted octanol–water partition coefficient (Wildman–Crippen LogP) is 2.98. The minimum Gasteiger partial charge on any atom is -0.381 e. The van der Waals surface area contributed by atoms with Crippen LogP contribution in [0.2, 0.25) is 0 Å². The van der Waals surface area contributed by atoms with Gasteiger partial charge < -0.3 is 9.47 Å². The van der Waals surface area contributed by atoms with Gasteiger partial charge in [0.25, 0.3) is 0 Å². The van der Waals surface area contributed by atoms with Gasteiger partial charge in [-0.05, 0) is 25.7 Å². The van der Waals surface area contributed by atoms with E-state index in [1.54, 1.807) is 0 Å². The van der Waals surface area contributed by atoms with Gasteiger partial charge in [-0.25, -0.2) is 0 Å². The number of hydrogen-bond donors (Lipinski definition) is 0. The molecule has 0 aliphatic carbocycles. The number of rotatable bonds is 8. The summed E-state index contributed by atoms with van der Waals surface area (Å²) in [6.45, 7) is 12.2.